The lowest BCUT2D eigenvalue weighted by atomic mass is 10.1. The smallest absolute Gasteiger partial charge is 0.184 e. The van der Waals surface area contributed by atoms with E-state index in [0.717, 1.165) is 0 Å². The lowest BCUT2D eigenvalue weighted by molar-refractivity contribution is 0.00539. The van der Waals surface area contributed by atoms with Crippen LogP contribution in [0, 0.1) is 0 Å². The van der Waals surface area contributed by atoms with Crippen LogP contribution < -0.4 is 5.73 Å². The lowest BCUT2D eigenvalue weighted by Gasteiger charge is -2.22. The molecule has 0 spiro atoms. The van der Waals surface area contributed by atoms with E-state index in [2.05, 4.69) is 15.5 Å². The van der Waals surface area contributed by atoms with E-state index in [4.69, 9.17) is 22.1 Å². The second kappa shape index (κ2) is 5.14. The summed E-state index contributed by atoms with van der Waals surface area (Å²) in [7, 11) is 1.65. The number of rotatable bonds is 4. The standard InChI is InChI=1S/C12H16ClN5O/c1-12(2,19-3)7-18-11(15-16-17-18)8-5-4-6-9(13)10(8)14/h4-6H,7,14H2,1-3H3. The number of nitrogen functional groups attached to an aromatic ring is 1. The van der Waals surface area contributed by atoms with Crippen molar-refractivity contribution >= 4 is 17.3 Å². The van der Waals surface area contributed by atoms with E-state index >= 15 is 0 Å². The third kappa shape index (κ3) is 2.85. The third-order valence-electron chi connectivity index (χ3n) is 2.91. The zero-order valence-electron chi connectivity index (χ0n) is 11.1. The Morgan fingerprint density at radius 2 is 2.16 bits per heavy atom. The van der Waals surface area contributed by atoms with Gasteiger partial charge in [0.05, 0.1) is 22.9 Å². The molecule has 7 heteroatoms. The van der Waals surface area contributed by atoms with E-state index in [1.54, 1.807) is 17.9 Å². The van der Waals surface area contributed by atoms with Gasteiger partial charge in [0, 0.05) is 12.7 Å². The van der Waals surface area contributed by atoms with Crippen LogP contribution in [0.1, 0.15) is 13.8 Å². The van der Waals surface area contributed by atoms with Crippen LogP contribution in [0.5, 0.6) is 0 Å². The van der Waals surface area contributed by atoms with E-state index in [0.29, 0.717) is 28.6 Å². The normalized spacial score (nSPS) is 11.8. The minimum absolute atomic E-state index is 0.378. The molecule has 0 unspecified atom stereocenters. The quantitative estimate of drug-likeness (QED) is 0.867. The van der Waals surface area contributed by atoms with E-state index in [1.807, 2.05) is 26.0 Å². The summed E-state index contributed by atoms with van der Waals surface area (Å²) < 4.78 is 7.04. The van der Waals surface area contributed by atoms with Gasteiger partial charge in [0.15, 0.2) is 5.82 Å². The highest BCUT2D eigenvalue weighted by Crippen LogP contribution is 2.30. The average Bonchev–Trinajstić information content (AvgIpc) is 2.80. The summed E-state index contributed by atoms with van der Waals surface area (Å²) in [5.41, 5.74) is 6.77. The summed E-state index contributed by atoms with van der Waals surface area (Å²) in [6.45, 7) is 4.43. The fourth-order valence-electron chi connectivity index (χ4n) is 1.66. The first-order valence-electron chi connectivity index (χ1n) is 5.80. The first-order valence-corrected chi connectivity index (χ1v) is 6.18. The van der Waals surface area contributed by atoms with Crippen LogP contribution in [0.15, 0.2) is 18.2 Å². The molecule has 2 aromatic rings. The Kier molecular flexibility index (Phi) is 3.73. The van der Waals surface area contributed by atoms with Crippen LogP contribution in [-0.2, 0) is 11.3 Å². The maximum absolute atomic E-state index is 6.02. The first-order chi connectivity index (χ1) is 8.94. The monoisotopic (exact) mass is 281 g/mol. The molecule has 2 rings (SSSR count). The molecule has 1 heterocycles. The summed E-state index contributed by atoms with van der Waals surface area (Å²) in [6, 6.07) is 5.38. The second-order valence-electron chi connectivity index (χ2n) is 4.83. The molecule has 0 saturated heterocycles. The number of nitrogens with zero attached hydrogens (tertiary/aromatic N) is 4. The summed E-state index contributed by atoms with van der Waals surface area (Å²) >= 11 is 6.02. The molecule has 1 aromatic carbocycles. The number of tetrazole rings is 1. The van der Waals surface area contributed by atoms with Crippen molar-refractivity contribution in [2.75, 3.05) is 12.8 Å². The molecule has 19 heavy (non-hydrogen) atoms. The Bertz CT molecular complexity index is 581. The van der Waals surface area contributed by atoms with Gasteiger partial charge < -0.3 is 10.5 Å². The van der Waals surface area contributed by atoms with E-state index < -0.39 is 0 Å². The highest BCUT2D eigenvalue weighted by Gasteiger charge is 2.22. The van der Waals surface area contributed by atoms with Crippen molar-refractivity contribution in [3.8, 4) is 11.4 Å². The number of halogens is 1. The van der Waals surface area contributed by atoms with Crippen LogP contribution in [-0.4, -0.2) is 32.9 Å². The molecule has 0 fully saturated rings. The highest BCUT2D eigenvalue weighted by atomic mass is 35.5. The SMILES string of the molecule is COC(C)(C)Cn1nnnc1-c1cccc(Cl)c1N. The van der Waals surface area contributed by atoms with E-state index in [1.165, 1.54) is 0 Å². The Hall–Kier alpha value is -1.66. The predicted octanol–water partition coefficient (Wildman–Crippen LogP) is 2.00. The van der Waals surface area contributed by atoms with Gasteiger partial charge in [0.1, 0.15) is 0 Å². The molecule has 0 atom stereocenters. The molecule has 0 aliphatic heterocycles. The number of methoxy groups -OCH3 is 1. The van der Waals surface area contributed by atoms with Gasteiger partial charge >= 0.3 is 0 Å². The van der Waals surface area contributed by atoms with Crippen molar-refractivity contribution in [1.82, 2.24) is 20.2 Å². The number of nitrogens with two attached hydrogens (primary N) is 1. The van der Waals surface area contributed by atoms with Gasteiger partial charge in [-0.1, -0.05) is 17.7 Å². The van der Waals surface area contributed by atoms with Crippen molar-refractivity contribution in [3.05, 3.63) is 23.2 Å². The van der Waals surface area contributed by atoms with Crippen molar-refractivity contribution in [2.45, 2.75) is 26.0 Å². The van der Waals surface area contributed by atoms with Crippen LogP contribution >= 0.6 is 11.6 Å². The number of hydrogen-bond donors (Lipinski definition) is 1. The molecule has 0 aliphatic carbocycles. The number of aromatic nitrogens is 4. The van der Waals surface area contributed by atoms with Crippen LogP contribution in [0.3, 0.4) is 0 Å². The number of ether oxygens (including phenoxy) is 1. The van der Waals surface area contributed by atoms with Crippen molar-refractivity contribution in [2.24, 2.45) is 0 Å². The van der Waals surface area contributed by atoms with Gasteiger partial charge in [-0.25, -0.2) is 4.68 Å². The summed E-state index contributed by atoms with van der Waals surface area (Å²) in [5, 5.41) is 12.2. The molecule has 6 nitrogen and oxygen atoms in total. The fraction of sp³-hybridized carbons (Fsp3) is 0.417. The largest absolute Gasteiger partial charge is 0.397 e. The maximum Gasteiger partial charge on any atom is 0.184 e. The van der Waals surface area contributed by atoms with Gasteiger partial charge in [0.25, 0.3) is 0 Å². The Balaban J connectivity index is 2.42. The van der Waals surface area contributed by atoms with Crippen LogP contribution in [0.4, 0.5) is 5.69 Å². The first kappa shape index (κ1) is 13.8. The maximum atomic E-state index is 6.02. The lowest BCUT2D eigenvalue weighted by Crippen LogP contribution is -2.30. The Morgan fingerprint density at radius 3 is 2.84 bits per heavy atom. The zero-order valence-corrected chi connectivity index (χ0v) is 11.8. The molecular weight excluding hydrogens is 266 g/mol. The second-order valence-corrected chi connectivity index (χ2v) is 5.23. The number of hydrogen-bond acceptors (Lipinski definition) is 5. The predicted molar refractivity (Wildman–Crippen MR) is 73.8 cm³/mol. The highest BCUT2D eigenvalue weighted by molar-refractivity contribution is 6.33. The number of para-hydroxylation sites is 1. The van der Waals surface area contributed by atoms with Gasteiger partial charge in [0.2, 0.25) is 0 Å². The number of anilines is 1. The zero-order chi connectivity index (χ0) is 14.0. The van der Waals surface area contributed by atoms with Crippen molar-refractivity contribution in [1.29, 1.82) is 0 Å². The molecule has 0 amide bonds. The molecule has 2 N–H and O–H groups in total. The Morgan fingerprint density at radius 1 is 1.42 bits per heavy atom. The molecular formula is C12H16ClN5O. The molecule has 102 valence electrons. The summed E-state index contributed by atoms with van der Waals surface area (Å²) in [4.78, 5) is 0. The van der Waals surface area contributed by atoms with Gasteiger partial charge in [-0.3, -0.25) is 0 Å². The van der Waals surface area contributed by atoms with E-state index in [-0.39, 0.29) is 5.60 Å². The van der Waals surface area contributed by atoms with Gasteiger partial charge in [-0.15, -0.1) is 5.10 Å². The van der Waals surface area contributed by atoms with Gasteiger partial charge in [-0.2, -0.15) is 0 Å². The molecule has 0 radical (unpaired) electrons. The number of benzene rings is 1. The van der Waals surface area contributed by atoms with Gasteiger partial charge in [-0.05, 0) is 36.4 Å². The van der Waals surface area contributed by atoms with Crippen molar-refractivity contribution in [3.63, 3.8) is 0 Å². The minimum Gasteiger partial charge on any atom is -0.397 e. The molecule has 0 saturated carbocycles. The van der Waals surface area contributed by atoms with Crippen molar-refractivity contribution < 1.29 is 4.74 Å². The minimum atomic E-state index is -0.378. The summed E-state index contributed by atoms with van der Waals surface area (Å²) in [6.07, 6.45) is 0. The topological polar surface area (TPSA) is 78.8 Å². The third-order valence-corrected chi connectivity index (χ3v) is 3.24. The van der Waals surface area contributed by atoms with Crippen LogP contribution in [0.2, 0.25) is 5.02 Å². The average molecular weight is 282 g/mol. The molecule has 1 aromatic heterocycles. The summed E-state index contributed by atoms with van der Waals surface area (Å²) in [5.74, 6) is 0.574. The van der Waals surface area contributed by atoms with E-state index in [9.17, 15) is 0 Å². The Labute approximate surface area is 116 Å². The molecule has 0 bridgehead atoms. The fourth-order valence-corrected chi connectivity index (χ4v) is 1.84. The molecule has 0 aliphatic rings. The van der Waals surface area contributed by atoms with Crippen LogP contribution in [0.25, 0.3) is 11.4 Å².